The van der Waals surface area contributed by atoms with E-state index in [9.17, 15) is 4.79 Å². The third-order valence-electron chi connectivity index (χ3n) is 5.76. The Labute approximate surface area is 207 Å². The highest BCUT2D eigenvalue weighted by atomic mass is 79.9. The number of amides is 1. The third-order valence-corrected chi connectivity index (χ3v) is 6.45. The zero-order valence-electron chi connectivity index (χ0n) is 18.0. The second-order valence-corrected chi connectivity index (χ2v) is 8.84. The largest absolute Gasteiger partial charge is 0.456 e. The van der Waals surface area contributed by atoms with Crippen molar-refractivity contribution in [2.24, 2.45) is 0 Å². The van der Waals surface area contributed by atoms with E-state index in [1.54, 1.807) is 6.07 Å². The SMILES string of the molecule is Cl.O=C(Nc1ccccc1-c1cc2ccc(CN3CCNCC3)cc2o1)c1ccccc1Br. The quantitative estimate of drug-likeness (QED) is 0.338. The van der Waals surface area contributed by atoms with E-state index in [2.05, 4.69) is 49.7 Å². The first-order valence-corrected chi connectivity index (χ1v) is 11.6. The van der Waals surface area contributed by atoms with Gasteiger partial charge in [-0.2, -0.15) is 0 Å². The number of furan rings is 1. The highest BCUT2D eigenvalue weighted by molar-refractivity contribution is 9.10. The molecule has 0 unspecified atom stereocenters. The lowest BCUT2D eigenvalue weighted by atomic mass is 10.1. The molecule has 0 saturated carbocycles. The molecule has 5 nitrogen and oxygen atoms in total. The average molecular weight is 527 g/mol. The Hall–Kier alpha value is -2.64. The van der Waals surface area contributed by atoms with Gasteiger partial charge in [0.2, 0.25) is 0 Å². The number of halogens is 2. The van der Waals surface area contributed by atoms with Gasteiger partial charge in [-0.1, -0.05) is 36.4 Å². The van der Waals surface area contributed by atoms with Crippen LogP contribution in [0.15, 0.2) is 81.7 Å². The number of fused-ring (bicyclic) bond motifs is 1. The van der Waals surface area contributed by atoms with E-state index in [0.29, 0.717) is 11.3 Å². The Kier molecular flexibility index (Phi) is 7.50. The molecule has 7 heteroatoms. The first-order valence-electron chi connectivity index (χ1n) is 10.8. The lowest BCUT2D eigenvalue weighted by Gasteiger charge is -2.27. The lowest BCUT2D eigenvalue weighted by molar-refractivity contribution is 0.102. The minimum absolute atomic E-state index is 0. The Morgan fingerprint density at radius 2 is 1.76 bits per heavy atom. The molecule has 5 rings (SSSR count). The van der Waals surface area contributed by atoms with Crippen molar-refractivity contribution < 1.29 is 9.21 Å². The zero-order valence-corrected chi connectivity index (χ0v) is 20.4. The predicted molar refractivity (Wildman–Crippen MR) is 139 cm³/mol. The molecule has 0 radical (unpaired) electrons. The highest BCUT2D eigenvalue weighted by Gasteiger charge is 2.16. The molecule has 0 bridgehead atoms. The van der Waals surface area contributed by atoms with Crippen LogP contribution in [0.3, 0.4) is 0 Å². The fourth-order valence-electron chi connectivity index (χ4n) is 4.08. The number of hydrogen-bond donors (Lipinski definition) is 2. The molecule has 1 fully saturated rings. The van der Waals surface area contributed by atoms with E-state index in [4.69, 9.17) is 4.42 Å². The van der Waals surface area contributed by atoms with Crippen molar-refractivity contribution in [3.8, 4) is 11.3 Å². The van der Waals surface area contributed by atoms with Crippen molar-refractivity contribution >= 4 is 50.9 Å². The van der Waals surface area contributed by atoms with Gasteiger partial charge in [0.25, 0.3) is 5.91 Å². The Bertz CT molecular complexity index is 1270. The number of carbonyl (C=O) groups excluding carboxylic acids is 1. The van der Waals surface area contributed by atoms with Crippen molar-refractivity contribution in [1.82, 2.24) is 10.2 Å². The molecule has 1 aromatic heterocycles. The minimum Gasteiger partial charge on any atom is -0.456 e. The maximum atomic E-state index is 12.8. The van der Waals surface area contributed by atoms with Crippen LogP contribution in [-0.4, -0.2) is 37.0 Å². The number of nitrogens with one attached hydrogen (secondary N) is 2. The number of benzene rings is 3. The van der Waals surface area contributed by atoms with Crippen LogP contribution in [0.4, 0.5) is 5.69 Å². The molecule has 170 valence electrons. The molecule has 33 heavy (non-hydrogen) atoms. The molecule has 1 saturated heterocycles. The summed E-state index contributed by atoms with van der Waals surface area (Å²) in [5.41, 5.74) is 4.26. The summed E-state index contributed by atoms with van der Waals surface area (Å²) in [7, 11) is 0. The van der Waals surface area contributed by atoms with Crippen molar-refractivity contribution in [2.75, 3.05) is 31.5 Å². The molecule has 0 atom stereocenters. The van der Waals surface area contributed by atoms with E-state index in [1.807, 2.05) is 48.5 Å². The molecule has 2 heterocycles. The van der Waals surface area contributed by atoms with Gasteiger partial charge in [-0.05, 0) is 57.9 Å². The van der Waals surface area contributed by atoms with E-state index in [0.717, 1.165) is 59.5 Å². The van der Waals surface area contributed by atoms with Gasteiger partial charge < -0.3 is 15.1 Å². The summed E-state index contributed by atoms with van der Waals surface area (Å²) in [4.78, 5) is 15.3. The number of rotatable bonds is 5. The van der Waals surface area contributed by atoms with Gasteiger partial charge in [0.1, 0.15) is 11.3 Å². The molecule has 0 spiro atoms. The molecular formula is C26H25BrClN3O2. The maximum Gasteiger partial charge on any atom is 0.256 e. The van der Waals surface area contributed by atoms with Gasteiger partial charge in [-0.15, -0.1) is 12.4 Å². The monoisotopic (exact) mass is 525 g/mol. The number of nitrogens with zero attached hydrogens (tertiary/aromatic N) is 1. The molecule has 4 aromatic rings. The van der Waals surface area contributed by atoms with Crippen LogP contribution in [0.2, 0.25) is 0 Å². The smallest absolute Gasteiger partial charge is 0.256 e. The second-order valence-electron chi connectivity index (χ2n) is 7.99. The van der Waals surface area contributed by atoms with E-state index >= 15 is 0 Å². The fourth-order valence-corrected chi connectivity index (χ4v) is 4.54. The third kappa shape index (κ3) is 5.31. The van der Waals surface area contributed by atoms with Crippen LogP contribution in [0.25, 0.3) is 22.3 Å². The van der Waals surface area contributed by atoms with Crippen LogP contribution in [-0.2, 0) is 6.54 Å². The van der Waals surface area contributed by atoms with Crippen LogP contribution >= 0.6 is 28.3 Å². The van der Waals surface area contributed by atoms with Crippen molar-refractivity contribution in [3.05, 3.63) is 88.4 Å². The molecule has 1 amide bonds. The fraction of sp³-hybridized carbons (Fsp3) is 0.192. The first kappa shape index (κ1) is 23.5. The second kappa shape index (κ2) is 10.5. The predicted octanol–water partition coefficient (Wildman–Crippen LogP) is 5.94. The lowest BCUT2D eigenvalue weighted by Crippen LogP contribution is -2.42. The van der Waals surface area contributed by atoms with Crippen molar-refractivity contribution in [2.45, 2.75) is 6.54 Å². The van der Waals surface area contributed by atoms with Gasteiger partial charge in [0, 0.05) is 48.1 Å². The van der Waals surface area contributed by atoms with Crippen LogP contribution in [0.1, 0.15) is 15.9 Å². The van der Waals surface area contributed by atoms with E-state index < -0.39 is 0 Å². The van der Waals surface area contributed by atoms with Gasteiger partial charge in [-0.3, -0.25) is 9.69 Å². The first-order chi connectivity index (χ1) is 15.7. The Morgan fingerprint density at radius 1 is 1.00 bits per heavy atom. The Morgan fingerprint density at radius 3 is 2.58 bits per heavy atom. The molecule has 1 aliphatic rings. The van der Waals surface area contributed by atoms with Crippen molar-refractivity contribution in [3.63, 3.8) is 0 Å². The number of piperazine rings is 1. The molecular weight excluding hydrogens is 502 g/mol. The normalized spacial score (nSPS) is 14.1. The van der Waals surface area contributed by atoms with Gasteiger partial charge >= 0.3 is 0 Å². The number of carbonyl (C=O) groups is 1. The van der Waals surface area contributed by atoms with Gasteiger partial charge in [0.05, 0.1) is 11.3 Å². The number of hydrogen-bond acceptors (Lipinski definition) is 4. The molecule has 3 aromatic carbocycles. The Balaban J connectivity index is 0.00000259. The standard InChI is InChI=1S/C26H24BrN3O2.ClH/c27-22-7-3-1-5-20(22)26(31)29-23-8-4-2-6-21(23)25-16-19-10-9-18(15-24(19)32-25)17-30-13-11-28-12-14-30;/h1-10,15-16,28H,11-14,17H2,(H,29,31);1H. The summed E-state index contributed by atoms with van der Waals surface area (Å²) in [6, 6.07) is 23.6. The molecule has 2 N–H and O–H groups in total. The summed E-state index contributed by atoms with van der Waals surface area (Å²) in [5.74, 6) is 0.571. The van der Waals surface area contributed by atoms with E-state index in [-0.39, 0.29) is 18.3 Å². The highest BCUT2D eigenvalue weighted by Crippen LogP contribution is 2.34. The van der Waals surface area contributed by atoms with Crippen LogP contribution in [0.5, 0.6) is 0 Å². The van der Waals surface area contributed by atoms with E-state index in [1.165, 1.54) is 5.56 Å². The number of anilines is 1. The van der Waals surface area contributed by atoms with Gasteiger partial charge in [-0.25, -0.2) is 0 Å². The summed E-state index contributed by atoms with van der Waals surface area (Å²) in [6.45, 7) is 5.12. The summed E-state index contributed by atoms with van der Waals surface area (Å²) in [6.07, 6.45) is 0. The maximum absolute atomic E-state index is 12.8. The summed E-state index contributed by atoms with van der Waals surface area (Å²) >= 11 is 3.45. The molecule has 1 aliphatic heterocycles. The minimum atomic E-state index is -0.167. The summed E-state index contributed by atoms with van der Waals surface area (Å²) < 4.78 is 7.00. The van der Waals surface area contributed by atoms with Crippen LogP contribution < -0.4 is 10.6 Å². The summed E-state index contributed by atoms with van der Waals surface area (Å²) in [5, 5.41) is 7.48. The zero-order chi connectivity index (χ0) is 21.9. The van der Waals surface area contributed by atoms with Crippen LogP contribution in [0, 0.1) is 0 Å². The topological polar surface area (TPSA) is 57.5 Å². The number of para-hydroxylation sites is 1. The van der Waals surface area contributed by atoms with Gasteiger partial charge in [0.15, 0.2) is 0 Å². The average Bonchev–Trinajstić information content (AvgIpc) is 3.23. The van der Waals surface area contributed by atoms with Crippen molar-refractivity contribution in [1.29, 1.82) is 0 Å². The molecule has 0 aliphatic carbocycles.